The Morgan fingerprint density at radius 2 is 2.50 bits per heavy atom. The van der Waals surface area contributed by atoms with Gasteiger partial charge in [0.1, 0.15) is 5.69 Å². The average molecular weight is 184 g/mol. The van der Waals surface area contributed by atoms with Crippen LogP contribution in [0.25, 0.3) is 0 Å². The van der Waals surface area contributed by atoms with Crippen LogP contribution in [-0.2, 0) is 0 Å². The molecule has 0 saturated carbocycles. The van der Waals surface area contributed by atoms with Gasteiger partial charge in [0.2, 0.25) is 0 Å². The molecule has 1 heterocycles. The summed E-state index contributed by atoms with van der Waals surface area (Å²) in [5, 5.41) is 2.77. The Kier molecular flexibility index (Phi) is 3.22. The number of amides is 1. The topological polar surface area (TPSA) is 42.0 Å². The van der Waals surface area contributed by atoms with Crippen molar-refractivity contribution in [2.45, 2.75) is 20.3 Å². The van der Waals surface area contributed by atoms with Crippen molar-refractivity contribution in [3.05, 3.63) is 16.6 Å². The van der Waals surface area contributed by atoms with Crippen LogP contribution in [0.4, 0.5) is 0 Å². The van der Waals surface area contributed by atoms with Crippen LogP contribution in [0.15, 0.2) is 6.07 Å². The van der Waals surface area contributed by atoms with Crippen molar-refractivity contribution >= 4 is 17.4 Å². The zero-order chi connectivity index (χ0) is 8.97. The number of aromatic nitrogens is 1. The molecule has 66 valence electrons. The summed E-state index contributed by atoms with van der Waals surface area (Å²) in [7, 11) is 0. The Balaban J connectivity index is 2.53. The lowest BCUT2D eigenvalue weighted by Crippen LogP contribution is -2.24. The van der Waals surface area contributed by atoms with Gasteiger partial charge in [-0.25, -0.2) is 0 Å². The first-order chi connectivity index (χ1) is 5.74. The molecule has 0 aromatic carbocycles. The van der Waals surface area contributed by atoms with Gasteiger partial charge in [-0.15, -0.1) is 0 Å². The predicted molar refractivity (Wildman–Crippen MR) is 49.5 cm³/mol. The van der Waals surface area contributed by atoms with Crippen molar-refractivity contribution in [2.75, 3.05) is 6.54 Å². The molecule has 0 aliphatic carbocycles. The molecule has 0 spiro atoms. The van der Waals surface area contributed by atoms with E-state index in [1.165, 1.54) is 11.5 Å². The van der Waals surface area contributed by atoms with Crippen molar-refractivity contribution < 1.29 is 4.79 Å². The van der Waals surface area contributed by atoms with Gasteiger partial charge in [-0.05, 0) is 30.9 Å². The monoisotopic (exact) mass is 184 g/mol. The maximum atomic E-state index is 11.2. The number of carbonyl (C=O) groups excluding carboxylic acids is 1. The van der Waals surface area contributed by atoms with Crippen molar-refractivity contribution in [1.82, 2.24) is 9.69 Å². The van der Waals surface area contributed by atoms with E-state index in [0.29, 0.717) is 5.69 Å². The third-order valence-electron chi connectivity index (χ3n) is 1.40. The third kappa shape index (κ3) is 2.30. The molecule has 0 bridgehead atoms. The molecule has 0 radical (unpaired) electrons. The van der Waals surface area contributed by atoms with Crippen molar-refractivity contribution in [1.29, 1.82) is 0 Å². The van der Waals surface area contributed by atoms with E-state index in [-0.39, 0.29) is 5.91 Å². The SMILES string of the molecule is CCCNC(=O)c1cc(C)sn1. The second-order valence-electron chi connectivity index (χ2n) is 2.58. The minimum Gasteiger partial charge on any atom is -0.351 e. The number of carbonyl (C=O) groups is 1. The highest BCUT2D eigenvalue weighted by Gasteiger charge is 2.07. The van der Waals surface area contributed by atoms with E-state index in [2.05, 4.69) is 9.69 Å². The molecule has 1 rings (SSSR count). The number of nitrogens with one attached hydrogen (secondary N) is 1. The molecule has 1 aromatic heterocycles. The average Bonchev–Trinajstić information content (AvgIpc) is 2.47. The van der Waals surface area contributed by atoms with Crippen LogP contribution in [0, 0.1) is 6.92 Å². The van der Waals surface area contributed by atoms with Gasteiger partial charge in [-0.1, -0.05) is 6.92 Å². The van der Waals surface area contributed by atoms with Gasteiger partial charge in [0, 0.05) is 11.4 Å². The molecule has 0 saturated heterocycles. The van der Waals surface area contributed by atoms with Crippen molar-refractivity contribution in [3.63, 3.8) is 0 Å². The van der Waals surface area contributed by atoms with E-state index < -0.39 is 0 Å². The highest BCUT2D eigenvalue weighted by Crippen LogP contribution is 2.07. The van der Waals surface area contributed by atoms with Gasteiger partial charge in [0.25, 0.3) is 5.91 Å². The summed E-state index contributed by atoms with van der Waals surface area (Å²) >= 11 is 1.36. The number of hydrogen-bond acceptors (Lipinski definition) is 3. The van der Waals surface area contributed by atoms with Crippen LogP contribution >= 0.6 is 11.5 Å². The molecule has 4 heteroatoms. The van der Waals surface area contributed by atoms with Crippen LogP contribution in [0.2, 0.25) is 0 Å². The van der Waals surface area contributed by atoms with Gasteiger partial charge in [0.15, 0.2) is 0 Å². The smallest absolute Gasteiger partial charge is 0.270 e. The minimum atomic E-state index is -0.0683. The van der Waals surface area contributed by atoms with E-state index in [0.717, 1.165) is 17.8 Å². The van der Waals surface area contributed by atoms with Crippen LogP contribution in [-0.4, -0.2) is 16.8 Å². The number of rotatable bonds is 3. The normalized spacial score (nSPS) is 9.83. The molecule has 0 atom stereocenters. The molecule has 1 N–H and O–H groups in total. The molecule has 0 unspecified atom stereocenters. The Hall–Kier alpha value is -0.900. The summed E-state index contributed by atoms with van der Waals surface area (Å²) in [6, 6.07) is 1.80. The summed E-state index contributed by atoms with van der Waals surface area (Å²) in [6.45, 7) is 4.68. The number of aryl methyl sites for hydroxylation is 1. The zero-order valence-corrected chi connectivity index (χ0v) is 8.07. The molecule has 1 aromatic rings. The van der Waals surface area contributed by atoms with Gasteiger partial charge in [-0.2, -0.15) is 4.37 Å². The van der Waals surface area contributed by atoms with Gasteiger partial charge in [0.05, 0.1) is 0 Å². The van der Waals surface area contributed by atoms with Gasteiger partial charge >= 0.3 is 0 Å². The molecule has 0 fully saturated rings. The van der Waals surface area contributed by atoms with E-state index >= 15 is 0 Å². The fourth-order valence-electron chi connectivity index (χ4n) is 0.803. The molecule has 0 aliphatic rings. The van der Waals surface area contributed by atoms with E-state index in [1.807, 2.05) is 13.8 Å². The summed E-state index contributed by atoms with van der Waals surface area (Å²) < 4.78 is 4.00. The Labute approximate surface area is 76.0 Å². The fourth-order valence-corrected chi connectivity index (χ4v) is 1.34. The Morgan fingerprint density at radius 1 is 1.75 bits per heavy atom. The Morgan fingerprint density at radius 3 is 3.00 bits per heavy atom. The summed E-state index contributed by atoms with van der Waals surface area (Å²) in [5.74, 6) is -0.0683. The molecule has 12 heavy (non-hydrogen) atoms. The molecule has 3 nitrogen and oxygen atoms in total. The number of nitrogens with zero attached hydrogens (tertiary/aromatic N) is 1. The van der Waals surface area contributed by atoms with Gasteiger partial charge < -0.3 is 5.32 Å². The minimum absolute atomic E-state index is 0.0683. The molecule has 1 amide bonds. The predicted octanol–water partition coefficient (Wildman–Crippen LogP) is 1.59. The largest absolute Gasteiger partial charge is 0.351 e. The molecular formula is C8H12N2OS. The van der Waals surface area contributed by atoms with Crippen LogP contribution < -0.4 is 5.32 Å². The first kappa shape index (κ1) is 9.19. The standard InChI is InChI=1S/C8H12N2OS/c1-3-4-9-8(11)7-5-6(2)12-10-7/h5H,3-4H2,1-2H3,(H,9,11). The lowest BCUT2D eigenvalue weighted by molar-refractivity contribution is 0.0950. The van der Waals surface area contributed by atoms with Crippen molar-refractivity contribution in [3.8, 4) is 0 Å². The van der Waals surface area contributed by atoms with Crippen LogP contribution in [0.3, 0.4) is 0 Å². The summed E-state index contributed by atoms with van der Waals surface area (Å²) in [5.41, 5.74) is 0.533. The lowest BCUT2D eigenvalue weighted by atomic mass is 10.3. The lowest BCUT2D eigenvalue weighted by Gasteiger charge is -1.98. The maximum absolute atomic E-state index is 11.2. The third-order valence-corrected chi connectivity index (χ3v) is 2.09. The molecule has 0 aliphatic heterocycles. The van der Waals surface area contributed by atoms with E-state index in [9.17, 15) is 4.79 Å². The first-order valence-electron chi connectivity index (χ1n) is 3.95. The first-order valence-corrected chi connectivity index (χ1v) is 4.73. The zero-order valence-electron chi connectivity index (χ0n) is 7.26. The van der Waals surface area contributed by atoms with E-state index in [1.54, 1.807) is 6.07 Å². The molecular weight excluding hydrogens is 172 g/mol. The highest BCUT2D eigenvalue weighted by atomic mass is 32.1. The van der Waals surface area contributed by atoms with E-state index in [4.69, 9.17) is 0 Å². The summed E-state index contributed by atoms with van der Waals surface area (Å²) in [6.07, 6.45) is 0.953. The fraction of sp³-hybridized carbons (Fsp3) is 0.500. The van der Waals surface area contributed by atoms with Gasteiger partial charge in [-0.3, -0.25) is 4.79 Å². The second kappa shape index (κ2) is 4.21. The quantitative estimate of drug-likeness (QED) is 0.775. The van der Waals surface area contributed by atoms with Crippen molar-refractivity contribution in [2.24, 2.45) is 0 Å². The Bertz CT molecular complexity index is 270. The van der Waals surface area contributed by atoms with Crippen LogP contribution in [0.1, 0.15) is 28.7 Å². The second-order valence-corrected chi connectivity index (χ2v) is 3.59. The highest BCUT2D eigenvalue weighted by molar-refractivity contribution is 7.05. The van der Waals surface area contributed by atoms with Crippen LogP contribution in [0.5, 0.6) is 0 Å². The maximum Gasteiger partial charge on any atom is 0.270 e. The summed E-state index contributed by atoms with van der Waals surface area (Å²) in [4.78, 5) is 12.3. The number of hydrogen-bond donors (Lipinski definition) is 1.